The first-order chi connectivity index (χ1) is 17.5. The number of carbonyl (C=O) groups is 2. The minimum atomic E-state index is -4.11. The largest absolute Gasteiger partial charge is 0.355 e. The topological polar surface area (TPSA) is 86.8 Å². The Bertz CT molecular complexity index is 1370. The van der Waals surface area contributed by atoms with Crippen LogP contribution in [-0.4, -0.2) is 44.3 Å². The van der Waals surface area contributed by atoms with Crippen LogP contribution in [0.15, 0.2) is 82.2 Å². The minimum absolute atomic E-state index is 0.0593. The molecule has 37 heavy (non-hydrogen) atoms. The molecule has 2 amide bonds. The van der Waals surface area contributed by atoms with Crippen molar-refractivity contribution in [3.05, 3.63) is 93.4 Å². The molecule has 0 aromatic heterocycles. The summed E-state index contributed by atoms with van der Waals surface area (Å²) in [6.45, 7) is 5.24. The molecule has 0 saturated carbocycles. The summed E-state index contributed by atoms with van der Waals surface area (Å²) < 4.78 is 29.3. The number of anilines is 1. The molecule has 0 aliphatic heterocycles. The number of carbonyl (C=O) groups excluding carboxylic acids is 2. The zero-order chi connectivity index (χ0) is 27.2. The number of nitrogens with zero attached hydrogens (tertiary/aromatic N) is 2. The molecule has 0 heterocycles. The van der Waals surface area contributed by atoms with Gasteiger partial charge >= 0.3 is 0 Å². The molecule has 0 aliphatic carbocycles. The SMILES string of the molecule is CCNC(=O)[C@H](C)N(Cc1cccc(Cl)c1)C(=O)CN(c1cccc(Br)c1)S(=O)(=O)c1ccc(C)cc1. The van der Waals surface area contributed by atoms with Gasteiger partial charge in [-0.1, -0.05) is 63.4 Å². The molecule has 0 bridgehead atoms. The van der Waals surface area contributed by atoms with E-state index in [-0.39, 0.29) is 17.3 Å². The number of hydrogen-bond acceptors (Lipinski definition) is 4. The van der Waals surface area contributed by atoms with Crippen LogP contribution in [0.5, 0.6) is 0 Å². The molecule has 3 aromatic carbocycles. The Balaban J connectivity index is 2.03. The van der Waals surface area contributed by atoms with Gasteiger partial charge in [0, 0.05) is 22.6 Å². The predicted octanol–water partition coefficient (Wildman–Crippen LogP) is 5.16. The lowest BCUT2D eigenvalue weighted by molar-refractivity contribution is -0.139. The van der Waals surface area contributed by atoms with Crippen molar-refractivity contribution >= 4 is 55.1 Å². The van der Waals surface area contributed by atoms with E-state index in [1.165, 1.54) is 17.0 Å². The second-order valence-electron chi connectivity index (χ2n) is 8.53. The monoisotopic (exact) mass is 605 g/mol. The lowest BCUT2D eigenvalue weighted by Crippen LogP contribution is -2.51. The van der Waals surface area contributed by atoms with E-state index in [9.17, 15) is 18.0 Å². The Morgan fingerprint density at radius 3 is 2.32 bits per heavy atom. The van der Waals surface area contributed by atoms with Gasteiger partial charge in [-0.2, -0.15) is 0 Å². The van der Waals surface area contributed by atoms with E-state index in [2.05, 4.69) is 21.2 Å². The van der Waals surface area contributed by atoms with Gasteiger partial charge in [0.15, 0.2) is 0 Å². The predicted molar refractivity (Wildman–Crippen MR) is 150 cm³/mol. The molecule has 10 heteroatoms. The van der Waals surface area contributed by atoms with Crippen LogP contribution in [0, 0.1) is 6.92 Å². The molecule has 0 unspecified atom stereocenters. The number of halogens is 2. The molecular weight excluding hydrogens is 578 g/mol. The van der Waals surface area contributed by atoms with Crippen LogP contribution in [0.1, 0.15) is 25.0 Å². The highest BCUT2D eigenvalue weighted by molar-refractivity contribution is 9.10. The number of amides is 2. The van der Waals surface area contributed by atoms with Crippen LogP contribution in [0.2, 0.25) is 5.02 Å². The maximum atomic E-state index is 13.8. The van der Waals surface area contributed by atoms with E-state index in [1.807, 2.05) is 6.92 Å². The van der Waals surface area contributed by atoms with Gasteiger partial charge in [0.2, 0.25) is 11.8 Å². The van der Waals surface area contributed by atoms with Crippen molar-refractivity contribution in [2.45, 2.75) is 38.3 Å². The molecule has 0 spiro atoms. The third-order valence-corrected chi connectivity index (χ3v) is 8.26. The molecule has 1 N–H and O–H groups in total. The fourth-order valence-corrected chi connectivity index (χ4v) is 5.74. The molecule has 0 radical (unpaired) electrons. The molecule has 0 aliphatic rings. The quantitative estimate of drug-likeness (QED) is 0.346. The molecular formula is C27H29BrClN3O4S. The van der Waals surface area contributed by atoms with Crippen LogP contribution in [0.3, 0.4) is 0 Å². The maximum absolute atomic E-state index is 13.8. The first-order valence-corrected chi connectivity index (χ1v) is 14.3. The number of benzene rings is 3. The van der Waals surface area contributed by atoms with Crippen molar-refractivity contribution in [1.29, 1.82) is 0 Å². The molecule has 3 aromatic rings. The number of hydrogen-bond donors (Lipinski definition) is 1. The number of aryl methyl sites for hydroxylation is 1. The van der Waals surface area contributed by atoms with Crippen molar-refractivity contribution in [1.82, 2.24) is 10.2 Å². The Kier molecular flexibility index (Phi) is 9.75. The van der Waals surface area contributed by atoms with Gasteiger partial charge in [0.05, 0.1) is 10.6 Å². The number of sulfonamides is 1. The highest BCUT2D eigenvalue weighted by atomic mass is 79.9. The first-order valence-electron chi connectivity index (χ1n) is 11.7. The zero-order valence-corrected chi connectivity index (χ0v) is 24.0. The van der Waals surface area contributed by atoms with Gasteiger partial charge in [0.25, 0.3) is 10.0 Å². The van der Waals surface area contributed by atoms with Gasteiger partial charge in [-0.15, -0.1) is 0 Å². The van der Waals surface area contributed by atoms with Crippen molar-refractivity contribution < 1.29 is 18.0 Å². The number of nitrogens with one attached hydrogen (secondary N) is 1. The van der Waals surface area contributed by atoms with E-state index in [4.69, 9.17) is 11.6 Å². The van der Waals surface area contributed by atoms with Crippen molar-refractivity contribution in [2.75, 3.05) is 17.4 Å². The summed E-state index contributed by atoms with van der Waals surface area (Å²) in [6, 6.07) is 19.3. The molecule has 7 nitrogen and oxygen atoms in total. The average Bonchev–Trinajstić information content (AvgIpc) is 2.85. The lowest BCUT2D eigenvalue weighted by atomic mass is 10.1. The van der Waals surface area contributed by atoms with Gasteiger partial charge in [-0.05, 0) is 68.8 Å². The van der Waals surface area contributed by atoms with E-state index in [1.54, 1.807) is 74.5 Å². The van der Waals surface area contributed by atoms with Crippen molar-refractivity contribution in [3.63, 3.8) is 0 Å². The summed E-state index contributed by atoms with van der Waals surface area (Å²) in [5.74, 6) is -0.873. The van der Waals surface area contributed by atoms with E-state index < -0.39 is 28.5 Å². The zero-order valence-electron chi connectivity index (χ0n) is 20.8. The fourth-order valence-electron chi connectivity index (χ4n) is 3.73. The Labute approximate surface area is 231 Å². The molecule has 196 valence electrons. The molecule has 0 saturated heterocycles. The average molecular weight is 607 g/mol. The summed E-state index contributed by atoms with van der Waals surface area (Å²) in [5, 5.41) is 3.23. The van der Waals surface area contributed by atoms with Crippen LogP contribution in [-0.2, 0) is 26.2 Å². The lowest BCUT2D eigenvalue weighted by Gasteiger charge is -2.32. The highest BCUT2D eigenvalue weighted by Crippen LogP contribution is 2.27. The Hall–Kier alpha value is -2.88. The van der Waals surface area contributed by atoms with E-state index >= 15 is 0 Å². The summed E-state index contributed by atoms with van der Waals surface area (Å²) in [5.41, 5.74) is 1.94. The molecule has 3 rings (SSSR count). The normalized spacial score (nSPS) is 12.0. The highest BCUT2D eigenvalue weighted by Gasteiger charge is 2.32. The third kappa shape index (κ3) is 7.34. The van der Waals surface area contributed by atoms with Crippen LogP contribution in [0.4, 0.5) is 5.69 Å². The van der Waals surface area contributed by atoms with Crippen LogP contribution < -0.4 is 9.62 Å². The van der Waals surface area contributed by atoms with Crippen LogP contribution >= 0.6 is 27.5 Å². The fraction of sp³-hybridized carbons (Fsp3) is 0.259. The van der Waals surface area contributed by atoms with Crippen molar-refractivity contribution in [2.24, 2.45) is 0 Å². The van der Waals surface area contributed by atoms with Crippen LogP contribution in [0.25, 0.3) is 0 Å². The number of likely N-dealkylation sites (N-methyl/N-ethyl adjacent to an activating group) is 1. The smallest absolute Gasteiger partial charge is 0.264 e. The number of rotatable bonds is 10. The third-order valence-electron chi connectivity index (χ3n) is 5.74. The molecule has 0 fully saturated rings. The van der Waals surface area contributed by atoms with E-state index in [0.29, 0.717) is 27.3 Å². The summed E-state index contributed by atoms with van der Waals surface area (Å²) in [4.78, 5) is 27.9. The summed E-state index contributed by atoms with van der Waals surface area (Å²) in [7, 11) is -4.11. The van der Waals surface area contributed by atoms with Crippen molar-refractivity contribution in [3.8, 4) is 0 Å². The Morgan fingerprint density at radius 1 is 1.03 bits per heavy atom. The second-order valence-corrected chi connectivity index (χ2v) is 11.7. The van der Waals surface area contributed by atoms with Gasteiger partial charge < -0.3 is 10.2 Å². The second kappa shape index (κ2) is 12.6. The first kappa shape index (κ1) is 28.7. The summed E-state index contributed by atoms with van der Waals surface area (Å²) >= 11 is 9.53. The molecule has 1 atom stereocenters. The standard InChI is InChI=1S/C27H29BrClN3O4S/c1-4-30-27(34)20(3)31(17-21-7-5-9-23(29)15-21)26(33)18-32(24-10-6-8-22(28)16-24)37(35,36)25-13-11-19(2)12-14-25/h5-16,20H,4,17-18H2,1-3H3,(H,30,34)/t20-/m0/s1. The van der Waals surface area contributed by atoms with Gasteiger partial charge in [-0.25, -0.2) is 8.42 Å². The van der Waals surface area contributed by atoms with E-state index in [0.717, 1.165) is 9.87 Å². The van der Waals surface area contributed by atoms with Gasteiger partial charge in [0.1, 0.15) is 12.6 Å². The maximum Gasteiger partial charge on any atom is 0.264 e. The minimum Gasteiger partial charge on any atom is -0.355 e. The van der Waals surface area contributed by atoms with Gasteiger partial charge in [-0.3, -0.25) is 13.9 Å². The Morgan fingerprint density at radius 2 is 1.70 bits per heavy atom. The summed E-state index contributed by atoms with van der Waals surface area (Å²) in [6.07, 6.45) is 0.